The molecule has 5 heteroatoms. The zero-order chi connectivity index (χ0) is 11.3. The molecule has 0 unspecified atom stereocenters. The molecule has 0 amide bonds. The molecule has 1 aliphatic rings. The molecule has 0 atom stereocenters. The van der Waals surface area contributed by atoms with Gasteiger partial charge in [-0.25, -0.2) is 0 Å². The first kappa shape index (κ1) is 11.0. The Morgan fingerprint density at radius 3 is 2.33 bits per heavy atom. The normalized spacial score (nSPS) is 19.0. The van der Waals surface area contributed by atoms with Crippen LogP contribution >= 0.6 is 15.9 Å². The first-order chi connectivity index (χ1) is 6.83. The third kappa shape index (κ3) is 2.03. The lowest BCUT2D eigenvalue weighted by molar-refractivity contribution is -0.137. The third-order valence-electron chi connectivity index (χ3n) is 2.52. The monoisotopic (exact) mass is 280 g/mol. The lowest BCUT2D eigenvalue weighted by Gasteiger charge is -2.14. The van der Waals surface area contributed by atoms with Crippen molar-refractivity contribution in [3.63, 3.8) is 0 Å². The van der Waals surface area contributed by atoms with E-state index >= 15 is 0 Å². The molecule has 1 nitrogen and oxygen atoms in total. The summed E-state index contributed by atoms with van der Waals surface area (Å²) in [6.07, 6.45) is -3.32. The Morgan fingerprint density at radius 1 is 1.27 bits per heavy atom. The van der Waals surface area contributed by atoms with E-state index in [-0.39, 0.29) is 0 Å². The number of alkyl halides is 3. The highest BCUT2D eigenvalue weighted by molar-refractivity contribution is 9.10. The predicted octanol–water partition coefficient (Wildman–Crippen LogP) is 3.45. The highest BCUT2D eigenvalue weighted by Crippen LogP contribution is 2.49. The van der Waals surface area contributed by atoms with E-state index < -0.39 is 17.3 Å². The summed E-state index contributed by atoms with van der Waals surface area (Å²) >= 11 is 3.15. The van der Waals surface area contributed by atoms with Gasteiger partial charge in [-0.2, -0.15) is 13.2 Å². The van der Waals surface area contributed by atoms with Gasteiger partial charge in [0.05, 0.1) is 11.2 Å². The van der Waals surface area contributed by atoms with Crippen LogP contribution in [0.4, 0.5) is 13.2 Å². The van der Waals surface area contributed by atoms with E-state index in [0.717, 1.165) is 12.1 Å². The maximum Gasteiger partial charge on any atom is 0.416 e. The molecule has 82 valence electrons. The first-order valence-corrected chi connectivity index (χ1v) is 5.22. The fraction of sp³-hybridized carbons (Fsp3) is 0.400. The van der Waals surface area contributed by atoms with E-state index in [1.54, 1.807) is 0 Å². The quantitative estimate of drug-likeness (QED) is 0.836. The van der Waals surface area contributed by atoms with Crippen molar-refractivity contribution >= 4 is 15.9 Å². The number of rotatable bonds is 1. The Balaban J connectivity index is 2.47. The van der Waals surface area contributed by atoms with Gasteiger partial charge in [-0.15, -0.1) is 0 Å². The second kappa shape index (κ2) is 3.22. The molecule has 1 aromatic carbocycles. The smallest absolute Gasteiger partial charge is 0.385 e. The predicted molar refractivity (Wildman–Crippen MR) is 52.3 cm³/mol. The summed E-state index contributed by atoms with van der Waals surface area (Å²) in [5, 5.41) is 9.77. The van der Waals surface area contributed by atoms with Gasteiger partial charge in [0.15, 0.2) is 0 Å². The summed E-state index contributed by atoms with van der Waals surface area (Å²) in [6.45, 7) is 0. The summed E-state index contributed by atoms with van der Waals surface area (Å²) in [4.78, 5) is 0. The molecule has 0 radical (unpaired) electrons. The van der Waals surface area contributed by atoms with Gasteiger partial charge in [-0.3, -0.25) is 0 Å². The van der Waals surface area contributed by atoms with Crippen molar-refractivity contribution in [1.82, 2.24) is 0 Å². The molecular weight excluding hydrogens is 273 g/mol. The minimum atomic E-state index is -4.36. The number of aliphatic hydroxyl groups is 1. The van der Waals surface area contributed by atoms with Crippen molar-refractivity contribution in [3.8, 4) is 0 Å². The summed E-state index contributed by atoms with van der Waals surface area (Å²) in [5.74, 6) is 0. The molecule has 1 fully saturated rings. The van der Waals surface area contributed by atoms with Crippen molar-refractivity contribution in [1.29, 1.82) is 0 Å². The van der Waals surface area contributed by atoms with Crippen LogP contribution < -0.4 is 0 Å². The molecule has 0 spiro atoms. The number of benzene rings is 1. The van der Waals surface area contributed by atoms with Crippen LogP contribution in [0.3, 0.4) is 0 Å². The zero-order valence-corrected chi connectivity index (χ0v) is 9.19. The van der Waals surface area contributed by atoms with E-state index in [2.05, 4.69) is 15.9 Å². The van der Waals surface area contributed by atoms with Gasteiger partial charge in [0, 0.05) is 4.47 Å². The molecule has 0 heterocycles. The minimum absolute atomic E-state index is 0.331. The largest absolute Gasteiger partial charge is 0.416 e. The van der Waals surface area contributed by atoms with Gasteiger partial charge in [-0.05, 0) is 36.6 Å². The number of hydrogen-bond acceptors (Lipinski definition) is 1. The molecule has 2 rings (SSSR count). The Labute approximate surface area is 93.0 Å². The highest BCUT2D eigenvalue weighted by Gasteiger charge is 2.44. The van der Waals surface area contributed by atoms with Gasteiger partial charge in [0.25, 0.3) is 0 Å². The molecule has 1 aliphatic carbocycles. The molecule has 1 saturated carbocycles. The average molecular weight is 281 g/mol. The number of halogens is 4. The fourth-order valence-electron chi connectivity index (χ4n) is 1.45. The SMILES string of the molecule is OC1(c2cc(C(F)(F)F)ccc2Br)CC1. The lowest BCUT2D eigenvalue weighted by Crippen LogP contribution is -2.10. The average Bonchev–Trinajstić information content (AvgIpc) is 2.83. The van der Waals surface area contributed by atoms with Gasteiger partial charge >= 0.3 is 6.18 Å². The summed E-state index contributed by atoms with van der Waals surface area (Å²) in [6, 6.07) is 3.34. The molecule has 0 saturated heterocycles. The van der Waals surface area contributed by atoms with E-state index in [9.17, 15) is 18.3 Å². The van der Waals surface area contributed by atoms with E-state index in [1.165, 1.54) is 6.07 Å². The lowest BCUT2D eigenvalue weighted by atomic mass is 10.0. The number of hydrogen-bond donors (Lipinski definition) is 1. The Bertz CT molecular complexity index is 396. The van der Waals surface area contributed by atoms with Crippen LogP contribution in [0.1, 0.15) is 24.0 Å². The van der Waals surface area contributed by atoms with Crippen LogP contribution in [0.2, 0.25) is 0 Å². The maximum atomic E-state index is 12.4. The van der Waals surface area contributed by atoms with Crippen molar-refractivity contribution in [3.05, 3.63) is 33.8 Å². The second-order valence-corrected chi connectivity index (χ2v) is 4.58. The van der Waals surface area contributed by atoms with Gasteiger partial charge in [-0.1, -0.05) is 15.9 Å². The first-order valence-electron chi connectivity index (χ1n) is 4.42. The Morgan fingerprint density at radius 2 is 1.87 bits per heavy atom. The van der Waals surface area contributed by atoms with E-state index in [0.29, 0.717) is 22.9 Å². The van der Waals surface area contributed by atoms with Crippen LogP contribution in [0.5, 0.6) is 0 Å². The van der Waals surface area contributed by atoms with Gasteiger partial charge in [0.1, 0.15) is 0 Å². The molecule has 1 N–H and O–H groups in total. The van der Waals surface area contributed by atoms with Crippen LogP contribution in [0, 0.1) is 0 Å². The van der Waals surface area contributed by atoms with Crippen LogP contribution in [0.25, 0.3) is 0 Å². The molecule has 0 aromatic heterocycles. The van der Waals surface area contributed by atoms with E-state index in [4.69, 9.17) is 0 Å². The topological polar surface area (TPSA) is 20.2 Å². The van der Waals surface area contributed by atoms with Gasteiger partial charge < -0.3 is 5.11 Å². The third-order valence-corrected chi connectivity index (χ3v) is 3.21. The van der Waals surface area contributed by atoms with Crippen molar-refractivity contribution < 1.29 is 18.3 Å². The zero-order valence-electron chi connectivity index (χ0n) is 7.61. The summed E-state index contributed by atoms with van der Waals surface area (Å²) < 4.78 is 37.8. The van der Waals surface area contributed by atoms with Crippen molar-refractivity contribution in [2.24, 2.45) is 0 Å². The second-order valence-electron chi connectivity index (χ2n) is 3.72. The van der Waals surface area contributed by atoms with Crippen LogP contribution in [-0.2, 0) is 11.8 Å². The van der Waals surface area contributed by atoms with Crippen LogP contribution in [-0.4, -0.2) is 5.11 Å². The standard InChI is InChI=1S/C10H8BrF3O/c11-8-2-1-6(10(12,13)14)5-7(8)9(15)3-4-9/h1-2,5,15H,3-4H2. The van der Waals surface area contributed by atoms with Crippen molar-refractivity contribution in [2.75, 3.05) is 0 Å². The maximum absolute atomic E-state index is 12.4. The summed E-state index contributed by atoms with van der Waals surface area (Å²) in [7, 11) is 0. The summed E-state index contributed by atoms with van der Waals surface area (Å²) in [5.41, 5.74) is -1.45. The minimum Gasteiger partial charge on any atom is -0.385 e. The van der Waals surface area contributed by atoms with Gasteiger partial charge in [0.2, 0.25) is 0 Å². The highest BCUT2D eigenvalue weighted by atomic mass is 79.9. The molecule has 1 aromatic rings. The van der Waals surface area contributed by atoms with Crippen molar-refractivity contribution in [2.45, 2.75) is 24.6 Å². The molecule has 15 heavy (non-hydrogen) atoms. The Kier molecular flexibility index (Phi) is 2.35. The van der Waals surface area contributed by atoms with E-state index in [1.807, 2.05) is 0 Å². The molecule has 0 bridgehead atoms. The molecular formula is C10H8BrF3O. The molecule has 0 aliphatic heterocycles. The Hall–Kier alpha value is -0.550. The van der Waals surface area contributed by atoms with Crippen LogP contribution in [0.15, 0.2) is 22.7 Å². The fourth-order valence-corrected chi connectivity index (χ4v) is 2.06.